The molecule has 3 aromatic heterocycles. The maximum atomic E-state index is 13.1. The molecule has 0 aliphatic carbocycles. The van der Waals surface area contributed by atoms with Crippen molar-refractivity contribution < 1.29 is 4.79 Å². The van der Waals surface area contributed by atoms with Gasteiger partial charge in [0.15, 0.2) is 17.0 Å². The molecule has 4 rings (SSSR count). The molecule has 10 heteroatoms. The smallest absolute Gasteiger partial charge is 0.246 e. The molecule has 2 atom stereocenters. The molecule has 1 aliphatic rings. The Balaban J connectivity index is 1.70. The zero-order valence-corrected chi connectivity index (χ0v) is 18.5. The van der Waals surface area contributed by atoms with E-state index in [0.717, 1.165) is 29.3 Å². The average molecular weight is 427 g/mol. The van der Waals surface area contributed by atoms with E-state index in [1.54, 1.807) is 24.2 Å². The van der Waals surface area contributed by atoms with E-state index in [1.165, 1.54) is 6.33 Å². The van der Waals surface area contributed by atoms with Crippen LogP contribution in [-0.2, 0) is 11.3 Å². The van der Waals surface area contributed by atoms with Crippen LogP contribution in [0.4, 0.5) is 5.82 Å². The molecule has 0 aromatic carbocycles. The molecule has 1 aliphatic heterocycles. The molecule has 0 saturated carbocycles. The summed E-state index contributed by atoms with van der Waals surface area (Å²) in [6.45, 7) is 9.44. The summed E-state index contributed by atoms with van der Waals surface area (Å²) in [5.74, 6) is 3.09. The third-order valence-corrected chi connectivity index (χ3v) is 6.47. The lowest BCUT2D eigenvalue weighted by Gasteiger charge is -2.26. The van der Waals surface area contributed by atoms with Crippen LogP contribution >= 0.6 is 11.8 Å². The number of rotatable bonds is 6. The van der Waals surface area contributed by atoms with Crippen LogP contribution in [0.5, 0.6) is 0 Å². The fraction of sp³-hybridized carbons (Fsp3) is 0.500. The second kappa shape index (κ2) is 8.55. The van der Waals surface area contributed by atoms with E-state index in [9.17, 15) is 4.79 Å². The number of thioether (sulfide) groups is 1. The molecular formula is C20H26N8OS. The molecule has 4 heterocycles. The molecule has 3 aromatic rings. The molecule has 1 fully saturated rings. The lowest BCUT2D eigenvalue weighted by molar-refractivity contribution is -0.131. The molecule has 0 spiro atoms. The second-order valence-corrected chi connectivity index (χ2v) is 8.62. The second-order valence-electron chi connectivity index (χ2n) is 7.20. The zero-order chi connectivity index (χ0) is 21.3. The summed E-state index contributed by atoms with van der Waals surface area (Å²) in [6, 6.07) is -0.359. The van der Waals surface area contributed by atoms with Gasteiger partial charge < -0.3 is 14.8 Å². The van der Waals surface area contributed by atoms with Crippen molar-refractivity contribution in [3.8, 4) is 11.4 Å². The van der Waals surface area contributed by atoms with Gasteiger partial charge in [-0.1, -0.05) is 6.92 Å². The first-order chi connectivity index (χ1) is 14.5. The summed E-state index contributed by atoms with van der Waals surface area (Å²) < 4.78 is 2.01. The van der Waals surface area contributed by atoms with Crippen LogP contribution < -0.4 is 5.32 Å². The number of hydrogen-bond acceptors (Lipinski definition) is 8. The van der Waals surface area contributed by atoms with Crippen molar-refractivity contribution in [3.63, 3.8) is 0 Å². The molecule has 1 N–H and O–H groups in total. The first kappa shape index (κ1) is 20.5. The highest BCUT2D eigenvalue weighted by Crippen LogP contribution is 2.28. The van der Waals surface area contributed by atoms with Gasteiger partial charge in [-0.2, -0.15) is 0 Å². The van der Waals surface area contributed by atoms with Gasteiger partial charge in [0, 0.05) is 31.2 Å². The molecule has 158 valence electrons. The van der Waals surface area contributed by atoms with E-state index in [2.05, 4.69) is 32.2 Å². The minimum absolute atomic E-state index is 0.101. The normalized spacial score (nSPS) is 17.5. The van der Waals surface area contributed by atoms with Gasteiger partial charge in [0.25, 0.3) is 0 Å². The first-order valence-corrected chi connectivity index (χ1v) is 11.3. The quantitative estimate of drug-likeness (QED) is 0.642. The van der Waals surface area contributed by atoms with Gasteiger partial charge in [0.2, 0.25) is 5.91 Å². The highest BCUT2D eigenvalue weighted by molar-refractivity contribution is 8.00. The number of carbonyl (C=O) groups is 1. The number of anilines is 1. The van der Waals surface area contributed by atoms with E-state index < -0.39 is 0 Å². The Morgan fingerprint density at radius 3 is 2.67 bits per heavy atom. The van der Waals surface area contributed by atoms with Crippen LogP contribution in [0.15, 0.2) is 18.7 Å². The number of fused-ring (bicyclic) bond motifs is 1. The van der Waals surface area contributed by atoms with Gasteiger partial charge in [-0.05, 0) is 27.2 Å². The van der Waals surface area contributed by atoms with Gasteiger partial charge in [-0.25, -0.2) is 24.9 Å². The fourth-order valence-electron chi connectivity index (χ4n) is 3.66. The van der Waals surface area contributed by atoms with Crippen molar-refractivity contribution in [1.29, 1.82) is 0 Å². The minimum atomic E-state index is -0.359. The minimum Gasteiger partial charge on any atom is -0.356 e. The topological polar surface area (TPSA) is 102 Å². The van der Waals surface area contributed by atoms with Crippen LogP contribution in [0.1, 0.15) is 33.0 Å². The van der Waals surface area contributed by atoms with E-state index in [0.29, 0.717) is 30.1 Å². The van der Waals surface area contributed by atoms with Crippen molar-refractivity contribution in [2.45, 2.75) is 52.1 Å². The predicted molar refractivity (Wildman–Crippen MR) is 118 cm³/mol. The largest absolute Gasteiger partial charge is 0.356 e. The molecule has 9 nitrogen and oxygen atoms in total. The van der Waals surface area contributed by atoms with E-state index in [1.807, 2.05) is 30.2 Å². The van der Waals surface area contributed by atoms with Crippen LogP contribution in [0.2, 0.25) is 0 Å². The summed E-state index contributed by atoms with van der Waals surface area (Å²) in [7, 11) is 0. The van der Waals surface area contributed by atoms with Gasteiger partial charge in [-0.3, -0.25) is 4.79 Å². The standard InChI is InChI=1S/C20H26N8OS/c1-5-15(20(29)28-7-8-30-13(28)4)25-17-16-19(24-11-23-17)27(6-2)18(26-16)14-9-21-12(3)22-10-14/h9-11,13,15H,5-8H2,1-4H3,(H,23,24,25)/t13-,15?/m1/s1. The Labute approximate surface area is 179 Å². The Hall–Kier alpha value is -2.75. The van der Waals surface area contributed by atoms with Gasteiger partial charge in [0.1, 0.15) is 24.0 Å². The Kier molecular flexibility index (Phi) is 5.85. The monoisotopic (exact) mass is 426 g/mol. The zero-order valence-electron chi connectivity index (χ0n) is 17.7. The van der Waals surface area contributed by atoms with Gasteiger partial charge in [0.05, 0.1) is 10.9 Å². The molecule has 1 saturated heterocycles. The van der Waals surface area contributed by atoms with Gasteiger partial charge >= 0.3 is 0 Å². The number of nitrogens with zero attached hydrogens (tertiary/aromatic N) is 7. The van der Waals surface area contributed by atoms with Crippen molar-refractivity contribution in [3.05, 3.63) is 24.5 Å². The van der Waals surface area contributed by atoms with Crippen LogP contribution in [-0.4, -0.2) is 64.0 Å². The van der Waals surface area contributed by atoms with Gasteiger partial charge in [-0.15, -0.1) is 11.8 Å². The third kappa shape index (κ3) is 3.71. The number of carbonyl (C=O) groups excluding carboxylic acids is 1. The number of aryl methyl sites for hydroxylation is 2. The number of nitrogens with one attached hydrogen (secondary N) is 1. The molecule has 30 heavy (non-hydrogen) atoms. The fourth-order valence-corrected chi connectivity index (χ4v) is 4.69. The maximum absolute atomic E-state index is 13.1. The Bertz CT molecular complexity index is 1050. The predicted octanol–water partition coefficient (Wildman–Crippen LogP) is 2.72. The van der Waals surface area contributed by atoms with Crippen LogP contribution in [0.3, 0.4) is 0 Å². The van der Waals surface area contributed by atoms with Crippen LogP contribution in [0.25, 0.3) is 22.6 Å². The average Bonchev–Trinajstić information content (AvgIpc) is 3.35. The summed E-state index contributed by atoms with van der Waals surface area (Å²) in [6.07, 6.45) is 5.70. The summed E-state index contributed by atoms with van der Waals surface area (Å²) in [4.78, 5) is 37.3. The SMILES string of the molecule is CCC(Nc1ncnc2c1nc(-c1cnc(C)nc1)n2CC)C(=O)N1CCS[C@@H]1C. The number of amides is 1. The maximum Gasteiger partial charge on any atom is 0.246 e. The van der Waals surface area contributed by atoms with Crippen molar-refractivity contribution in [2.24, 2.45) is 0 Å². The van der Waals surface area contributed by atoms with Crippen molar-refractivity contribution in [2.75, 3.05) is 17.6 Å². The highest BCUT2D eigenvalue weighted by atomic mass is 32.2. The Morgan fingerprint density at radius 1 is 1.27 bits per heavy atom. The summed E-state index contributed by atoms with van der Waals surface area (Å²) in [5, 5.41) is 3.54. The molecule has 1 amide bonds. The lowest BCUT2D eigenvalue weighted by Crippen LogP contribution is -2.44. The number of hydrogen-bond donors (Lipinski definition) is 1. The molecule has 1 unspecified atom stereocenters. The number of imidazole rings is 1. The van der Waals surface area contributed by atoms with E-state index >= 15 is 0 Å². The van der Waals surface area contributed by atoms with E-state index in [4.69, 9.17) is 4.98 Å². The molecule has 0 radical (unpaired) electrons. The third-order valence-electron chi connectivity index (χ3n) is 5.32. The summed E-state index contributed by atoms with van der Waals surface area (Å²) >= 11 is 1.80. The van der Waals surface area contributed by atoms with Crippen molar-refractivity contribution >= 4 is 34.7 Å². The number of aromatic nitrogens is 6. The van der Waals surface area contributed by atoms with E-state index in [-0.39, 0.29) is 17.3 Å². The Morgan fingerprint density at radius 2 is 2.03 bits per heavy atom. The first-order valence-electron chi connectivity index (χ1n) is 10.2. The van der Waals surface area contributed by atoms with Crippen LogP contribution in [0, 0.1) is 6.92 Å². The molecular weight excluding hydrogens is 400 g/mol. The van der Waals surface area contributed by atoms with Crippen molar-refractivity contribution in [1.82, 2.24) is 34.4 Å². The summed E-state index contributed by atoms with van der Waals surface area (Å²) in [5.41, 5.74) is 2.18. The lowest BCUT2D eigenvalue weighted by atomic mass is 10.2. The molecule has 0 bridgehead atoms. The highest BCUT2D eigenvalue weighted by Gasteiger charge is 2.31.